The lowest BCUT2D eigenvalue weighted by Gasteiger charge is -2.33. The Labute approximate surface area is 135 Å². The first-order valence-electron chi connectivity index (χ1n) is 7.77. The highest BCUT2D eigenvalue weighted by Crippen LogP contribution is 2.44. The van der Waals surface area contributed by atoms with Gasteiger partial charge in [0.1, 0.15) is 0 Å². The van der Waals surface area contributed by atoms with Crippen LogP contribution < -0.4 is 0 Å². The fourth-order valence-electron chi connectivity index (χ4n) is 3.24. The quantitative estimate of drug-likeness (QED) is 0.868. The summed E-state index contributed by atoms with van der Waals surface area (Å²) in [5.74, 6) is -0.226. The van der Waals surface area contributed by atoms with Gasteiger partial charge in [-0.15, -0.1) is 0 Å². The molecule has 118 valence electrons. The van der Waals surface area contributed by atoms with Crippen LogP contribution in [0.1, 0.15) is 31.4 Å². The number of ether oxygens (including phenoxy) is 1. The van der Waals surface area contributed by atoms with Crippen LogP contribution in [0.5, 0.6) is 0 Å². The lowest BCUT2D eigenvalue weighted by Crippen LogP contribution is -2.44. The average molecular weight is 309 g/mol. The van der Waals surface area contributed by atoms with Crippen LogP contribution in [0.2, 0.25) is 0 Å². The summed E-state index contributed by atoms with van der Waals surface area (Å²) in [7, 11) is 0. The SMILES string of the molecule is CCC(=O)N1C(=O)OC(c2ccccc2)(c2ccccc2)C1C. The molecule has 2 amide bonds. The van der Waals surface area contributed by atoms with Gasteiger partial charge in [-0.05, 0) is 6.92 Å². The van der Waals surface area contributed by atoms with Gasteiger partial charge in [-0.1, -0.05) is 67.6 Å². The van der Waals surface area contributed by atoms with Crippen molar-refractivity contribution in [3.8, 4) is 0 Å². The van der Waals surface area contributed by atoms with E-state index in [0.29, 0.717) is 0 Å². The number of cyclic esters (lactones) is 1. The van der Waals surface area contributed by atoms with Crippen LogP contribution in [-0.4, -0.2) is 22.9 Å². The van der Waals surface area contributed by atoms with Gasteiger partial charge in [-0.2, -0.15) is 0 Å². The van der Waals surface area contributed by atoms with Crippen molar-refractivity contribution in [2.45, 2.75) is 31.9 Å². The molecule has 23 heavy (non-hydrogen) atoms. The molecule has 0 N–H and O–H groups in total. The van der Waals surface area contributed by atoms with E-state index in [2.05, 4.69) is 0 Å². The zero-order chi connectivity index (χ0) is 16.4. The minimum Gasteiger partial charge on any atom is -0.430 e. The standard InChI is InChI=1S/C19H19NO3/c1-3-17(21)20-14(2)19(23-18(20)22,15-10-6-4-7-11-15)16-12-8-5-9-13-16/h4-14H,3H2,1-2H3. The molecule has 4 nitrogen and oxygen atoms in total. The van der Waals surface area contributed by atoms with Crippen LogP contribution in [0.4, 0.5) is 4.79 Å². The fraction of sp³-hybridized carbons (Fsp3) is 0.263. The summed E-state index contributed by atoms with van der Waals surface area (Å²) >= 11 is 0. The van der Waals surface area contributed by atoms with Crippen LogP contribution in [0.25, 0.3) is 0 Å². The molecule has 2 aromatic rings. The lowest BCUT2D eigenvalue weighted by molar-refractivity contribution is -0.129. The Hall–Kier alpha value is -2.62. The summed E-state index contributed by atoms with van der Waals surface area (Å²) in [6.07, 6.45) is -0.323. The summed E-state index contributed by atoms with van der Waals surface area (Å²) in [5, 5.41) is 0. The maximum atomic E-state index is 12.4. The van der Waals surface area contributed by atoms with Crippen molar-refractivity contribution in [3.05, 3.63) is 71.8 Å². The third kappa shape index (κ3) is 2.31. The number of amides is 2. The van der Waals surface area contributed by atoms with Crippen molar-refractivity contribution >= 4 is 12.0 Å². The van der Waals surface area contributed by atoms with Crippen molar-refractivity contribution < 1.29 is 14.3 Å². The molecule has 1 aliphatic rings. The van der Waals surface area contributed by atoms with Gasteiger partial charge in [0, 0.05) is 17.5 Å². The Bertz CT molecular complexity index is 672. The number of hydrogen-bond donors (Lipinski definition) is 0. The second-order valence-electron chi connectivity index (χ2n) is 5.63. The highest BCUT2D eigenvalue weighted by atomic mass is 16.6. The van der Waals surface area contributed by atoms with Gasteiger partial charge < -0.3 is 4.74 Å². The molecule has 2 aromatic carbocycles. The highest BCUT2D eigenvalue weighted by molar-refractivity contribution is 5.94. The first-order valence-corrected chi connectivity index (χ1v) is 7.77. The zero-order valence-electron chi connectivity index (χ0n) is 13.2. The molecular formula is C19H19NO3. The third-order valence-electron chi connectivity index (χ3n) is 4.40. The van der Waals surface area contributed by atoms with Gasteiger partial charge in [0.2, 0.25) is 5.91 Å². The van der Waals surface area contributed by atoms with Gasteiger partial charge in [0.25, 0.3) is 0 Å². The Kier molecular flexibility index (Phi) is 3.90. The van der Waals surface area contributed by atoms with E-state index in [1.165, 1.54) is 4.90 Å². The number of carbonyl (C=O) groups is 2. The number of imide groups is 1. The molecule has 1 atom stereocenters. The molecule has 1 saturated heterocycles. The summed E-state index contributed by atoms with van der Waals surface area (Å²) in [6, 6.07) is 18.7. The van der Waals surface area contributed by atoms with E-state index in [9.17, 15) is 9.59 Å². The van der Waals surface area contributed by atoms with E-state index in [4.69, 9.17) is 4.74 Å². The van der Waals surface area contributed by atoms with E-state index in [1.807, 2.05) is 67.6 Å². The predicted molar refractivity (Wildman–Crippen MR) is 86.7 cm³/mol. The molecule has 0 aliphatic carbocycles. The van der Waals surface area contributed by atoms with Crippen molar-refractivity contribution in [2.24, 2.45) is 0 Å². The van der Waals surface area contributed by atoms with Crippen LogP contribution in [0.15, 0.2) is 60.7 Å². The number of carbonyl (C=O) groups excluding carboxylic acids is 2. The molecule has 4 heteroatoms. The molecule has 3 rings (SSSR count). The Balaban J connectivity index is 2.19. The number of hydrogen-bond acceptors (Lipinski definition) is 3. The summed E-state index contributed by atoms with van der Waals surface area (Å²) in [5.41, 5.74) is 0.738. The predicted octanol–water partition coefficient (Wildman–Crippen LogP) is 3.71. The number of benzene rings is 2. The molecule has 0 radical (unpaired) electrons. The smallest absolute Gasteiger partial charge is 0.418 e. The first-order chi connectivity index (χ1) is 11.1. The number of rotatable bonds is 3. The Morgan fingerprint density at radius 1 is 1.04 bits per heavy atom. The van der Waals surface area contributed by atoms with Crippen LogP contribution in [-0.2, 0) is 15.1 Å². The van der Waals surface area contributed by atoms with E-state index in [1.54, 1.807) is 6.92 Å². The van der Waals surface area contributed by atoms with Crippen molar-refractivity contribution in [1.29, 1.82) is 0 Å². The van der Waals surface area contributed by atoms with Crippen molar-refractivity contribution in [2.75, 3.05) is 0 Å². The average Bonchev–Trinajstić information content (AvgIpc) is 2.87. The molecular weight excluding hydrogens is 290 g/mol. The van der Waals surface area contributed by atoms with Gasteiger partial charge in [-0.25, -0.2) is 9.69 Å². The van der Waals surface area contributed by atoms with Gasteiger partial charge in [0.05, 0.1) is 6.04 Å². The molecule has 0 saturated carbocycles. The highest BCUT2D eigenvalue weighted by Gasteiger charge is 2.55. The minimum atomic E-state index is -0.982. The zero-order valence-corrected chi connectivity index (χ0v) is 13.2. The van der Waals surface area contributed by atoms with E-state index < -0.39 is 17.7 Å². The monoisotopic (exact) mass is 309 g/mol. The van der Waals surface area contributed by atoms with Crippen LogP contribution in [0.3, 0.4) is 0 Å². The molecule has 0 aromatic heterocycles. The fourth-order valence-corrected chi connectivity index (χ4v) is 3.24. The summed E-state index contributed by atoms with van der Waals surface area (Å²) in [4.78, 5) is 25.9. The second-order valence-corrected chi connectivity index (χ2v) is 5.63. The minimum absolute atomic E-state index is 0.226. The van der Waals surface area contributed by atoms with E-state index >= 15 is 0 Å². The Morgan fingerprint density at radius 3 is 1.96 bits per heavy atom. The van der Waals surface area contributed by atoms with Crippen molar-refractivity contribution in [3.63, 3.8) is 0 Å². The number of nitrogens with zero attached hydrogens (tertiary/aromatic N) is 1. The van der Waals surface area contributed by atoms with Gasteiger partial charge in [-0.3, -0.25) is 4.79 Å². The lowest BCUT2D eigenvalue weighted by atomic mass is 9.80. The summed E-state index contributed by atoms with van der Waals surface area (Å²) < 4.78 is 5.84. The Morgan fingerprint density at radius 2 is 1.52 bits per heavy atom. The largest absolute Gasteiger partial charge is 0.430 e. The van der Waals surface area contributed by atoms with Crippen LogP contribution >= 0.6 is 0 Å². The normalized spacial score (nSPS) is 19.5. The topological polar surface area (TPSA) is 46.6 Å². The molecule has 1 unspecified atom stereocenters. The second kappa shape index (κ2) is 5.88. The van der Waals surface area contributed by atoms with E-state index in [0.717, 1.165) is 11.1 Å². The third-order valence-corrected chi connectivity index (χ3v) is 4.40. The van der Waals surface area contributed by atoms with Crippen molar-refractivity contribution in [1.82, 2.24) is 4.90 Å². The molecule has 1 fully saturated rings. The van der Waals surface area contributed by atoms with Gasteiger partial charge in [0.15, 0.2) is 5.60 Å². The molecule has 1 heterocycles. The van der Waals surface area contributed by atoms with Gasteiger partial charge >= 0.3 is 6.09 Å². The molecule has 0 bridgehead atoms. The molecule has 1 aliphatic heterocycles. The molecule has 0 spiro atoms. The van der Waals surface area contributed by atoms with Crippen LogP contribution in [0, 0.1) is 0 Å². The maximum Gasteiger partial charge on any atom is 0.418 e. The maximum absolute atomic E-state index is 12.4. The van der Waals surface area contributed by atoms with E-state index in [-0.39, 0.29) is 12.3 Å². The summed E-state index contributed by atoms with van der Waals surface area (Å²) in [6.45, 7) is 3.60. The first kappa shape index (κ1) is 15.3.